The molecular formula is C16H26N2. The molecule has 0 spiro atoms. The summed E-state index contributed by atoms with van der Waals surface area (Å²) >= 11 is 0. The van der Waals surface area contributed by atoms with E-state index in [-0.39, 0.29) is 0 Å². The van der Waals surface area contributed by atoms with Gasteiger partial charge in [-0.25, -0.2) is 0 Å². The van der Waals surface area contributed by atoms with Gasteiger partial charge in [-0.1, -0.05) is 29.8 Å². The summed E-state index contributed by atoms with van der Waals surface area (Å²) in [7, 11) is 0. The molecule has 0 saturated carbocycles. The van der Waals surface area contributed by atoms with E-state index in [9.17, 15) is 0 Å². The van der Waals surface area contributed by atoms with Crippen molar-refractivity contribution in [1.29, 1.82) is 0 Å². The number of nitrogens with one attached hydrogen (secondary N) is 2. The summed E-state index contributed by atoms with van der Waals surface area (Å²) in [5.74, 6) is 0. The van der Waals surface area contributed by atoms with Crippen LogP contribution in [-0.2, 0) is 0 Å². The van der Waals surface area contributed by atoms with Crippen LogP contribution in [0.3, 0.4) is 0 Å². The van der Waals surface area contributed by atoms with Crippen LogP contribution >= 0.6 is 0 Å². The van der Waals surface area contributed by atoms with Crippen LogP contribution in [0.15, 0.2) is 24.3 Å². The fourth-order valence-electron chi connectivity index (χ4n) is 2.92. The Morgan fingerprint density at radius 3 is 2.89 bits per heavy atom. The van der Waals surface area contributed by atoms with Crippen molar-refractivity contribution < 1.29 is 0 Å². The van der Waals surface area contributed by atoms with E-state index in [0.717, 1.165) is 6.04 Å². The van der Waals surface area contributed by atoms with Crippen molar-refractivity contribution in [3.8, 4) is 0 Å². The average Bonchev–Trinajstić information content (AvgIpc) is 2.81. The molecule has 2 N–H and O–H groups in total. The van der Waals surface area contributed by atoms with E-state index in [1.54, 1.807) is 0 Å². The third kappa shape index (κ3) is 3.82. The average molecular weight is 246 g/mol. The number of hydrogen-bond acceptors (Lipinski definition) is 2. The summed E-state index contributed by atoms with van der Waals surface area (Å²) < 4.78 is 0. The fourth-order valence-corrected chi connectivity index (χ4v) is 2.92. The highest BCUT2D eigenvalue weighted by atomic mass is 15.0. The second-order valence-electron chi connectivity index (χ2n) is 5.73. The molecule has 2 unspecified atom stereocenters. The van der Waals surface area contributed by atoms with Crippen LogP contribution in [0.25, 0.3) is 0 Å². The third-order valence-electron chi connectivity index (χ3n) is 3.88. The summed E-state index contributed by atoms with van der Waals surface area (Å²) in [6.45, 7) is 7.91. The molecule has 1 heterocycles. The Morgan fingerprint density at radius 1 is 1.39 bits per heavy atom. The van der Waals surface area contributed by atoms with Gasteiger partial charge < -0.3 is 10.6 Å². The van der Waals surface area contributed by atoms with Crippen molar-refractivity contribution in [2.45, 2.75) is 58.2 Å². The lowest BCUT2D eigenvalue weighted by Gasteiger charge is -2.23. The summed E-state index contributed by atoms with van der Waals surface area (Å²) in [4.78, 5) is 0. The Labute approximate surface area is 111 Å². The second kappa shape index (κ2) is 6.35. The standard InChI is InChI=1S/C16H26N2/c1-12-6-4-7-15(10-12)14(3)18-13(2)11-16-8-5-9-17-16/h4,6-7,10,13-14,16-18H,5,8-9,11H2,1-3H3/t13?,14-,16?/m0/s1. The quantitative estimate of drug-likeness (QED) is 0.834. The van der Waals surface area contributed by atoms with E-state index in [2.05, 4.69) is 55.7 Å². The zero-order valence-corrected chi connectivity index (χ0v) is 11.9. The molecule has 1 aliphatic heterocycles. The summed E-state index contributed by atoms with van der Waals surface area (Å²) in [6.07, 6.45) is 3.91. The Morgan fingerprint density at radius 2 is 2.22 bits per heavy atom. The molecule has 0 amide bonds. The molecule has 18 heavy (non-hydrogen) atoms. The van der Waals surface area contributed by atoms with Gasteiger partial charge in [-0.3, -0.25) is 0 Å². The van der Waals surface area contributed by atoms with E-state index in [4.69, 9.17) is 0 Å². The molecule has 2 rings (SSSR count). The Hall–Kier alpha value is -0.860. The van der Waals surface area contributed by atoms with E-state index in [1.165, 1.54) is 36.9 Å². The van der Waals surface area contributed by atoms with Crippen molar-refractivity contribution in [1.82, 2.24) is 10.6 Å². The summed E-state index contributed by atoms with van der Waals surface area (Å²) in [5.41, 5.74) is 2.73. The van der Waals surface area contributed by atoms with Gasteiger partial charge in [-0.15, -0.1) is 0 Å². The number of hydrogen-bond donors (Lipinski definition) is 2. The van der Waals surface area contributed by atoms with E-state index >= 15 is 0 Å². The van der Waals surface area contributed by atoms with Crippen molar-refractivity contribution in [2.75, 3.05) is 6.54 Å². The van der Waals surface area contributed by atoms with Gasteiger partial charge in [0.1, 0.15) is 0 Å². The molecule has 100 valence electrons. The van der Waals surface area contributed by atoms with Crippen molar-refractivity contribution >= 4 is 0 Å². The number of rotatable bonds is 5. The lowest BCUT2D eigenvalue weighted by Crippen LogP contribution is -2.35. The van der Waals surface area contributed by atoms with Crippen LogP contribution in [0, 0.1) is 6.92 Å². The van der Waals surface area contributed by atoms with Gasteiger partial charge in [-0.05, 0) is 52.1 Å². The molecule has 1 aromatic carbocycles. The second-order valence-corrected chi connectivity index (χ2v) is 5.73. The molecule has 1 saturated heterocycles. The fraction of sp³-hybridized carbons (Fsp3) is 0.625. The third-order valence-corrected chi connectivity index (χ3v) is 3.88. The summed E-state index contributed by atoms with van der Waals surface area (Å²) in [6, 6.07) is 10.5. The first-order valence-corrected chi connectivity index (χ1v) is 7.21. The largest absolute Gasteiger partial charge is 0.314 e. The molecular weight excluding hydrogens is 220 g/mol. The number of benzene rings is 1. The van der Waals surface area contributed by atoms with Crippen LogP contribution in [0.5, 0.6) is 0 Å². The lowest BCUT2D eigenvalue weighted by molar-refractivity contribution is 0.407. The van der Waals surface area contributed by atoms with E-state index in [0.29, 0.717) is 12.1 Å². The maximum absolute atomic E-state index is 3.71. The molecule has 3 atom stereocenters. The Kier molecular flexibility index (Phi) is 4.79. The normalized spacial score (nSPS) is 22.9. The predicted octanol–water partition coefficient (Wildman–Crippen LogP) is 3.18. The first-order chi connectivity index (χ1) is 8.65. The first kappa shape index (κ1) is 13.6. The molecule has 1 fully saturated rings. The van der Waals surface area contributed by atoms with Gasteiger partial charge in [0.25, 0.3) is 0 Å². The Balaban J connectivity index is 1.84. The number of aryl methyl sites for hydroxylation is 1. The van der Waals surface area contributed by atoms with Crippen LogP contribution in [0.1, 0.15) is 50.3 Å². The Bertz CT molecular complexity index is 369. The van der Waals surface area contributed by atoms with Gasteiger partial charge in [-0.2, -0.15) is 0 Å². The van der Waals surface area contributed by atoms with Gasteiger partial charge in [0, 0.05) is 18.1 Å². The van der Waals surface area contributed by atoms with Gasteiger partial charge in [0.05, 0.1) is 0 Å². The van der Waals surface area contributed by atoms with Crippen molar-refractivity contribution in [2.24, 2.45) is 0 Å². The van der Waals surface area contributed by atoms with Gasteiger partial charge in [0.2, 0.25) is 0 Å². The predicted molar refractivity (Wildman–Crippen MR) is 77.8 cm³/mol. The zero-order chi connectivity index (χ0) is 13.0. The van der Waals surface area contributed by atoms with Crippen molar-refractivity contribution in [3.05, 3.63) is 35.4 Å². The highest BCUT2D eigenvalue weighted by Gasteiger charge is 2.18. The maximum atomic E-state index is 3.71. The molecule has 1 aromatic rings. The van der Waals surface area contributed by atoms with Crippen LogP contribution in [0.2, 0.25) is 0 Å². The highest BCUT2D eigenvalue weighted by Crippen LogP contribution is 2.17. The molecule has 0 bridgehead atoms. The minimum atomic E-state index is 0.432. The first-order valence-electron chi connectivity index (χ1n) is 7.21. The molecule has 2 heteroatoms. The molecule has 0 aliphatic carbocycles. The topological polar surface area (TPSA) is 24.1 Å². The summed E-state index contributed by atoms with van der Waals surface area (Å²) in [5, 5.41) is 7.28. The van der Waals surface area contributed by atoms with Crippen LogP contribution in [0.4, 0.5) is 0 Å². The zero-order valence-electron chi connectivity index (χ0n) is 11.9. The minimum absolute atomic E-state index is 0.432. The molecule has 1 aliphatic rings. The smallest absolute Gasteiger partial charge is 0.0294 e. The SMILES string of the molecule is Cc1cccc([C@H](C)NC(C)CC2CCCN2)c1. The maximum Gasteiger partial charge on any atom is 0.0294 e. The monoisotopic (exact) mass is 246 g/mol. The van der Waals surface area contributed by atoms with Crippen LogP contribution in [-0.4, -0.2) is 18.6 Å². The lowest BCUT2D eigenvalue weighted by atomic mass is 10.0. The molecule has 0 aromatic heterocycles. The highest BCUT2D eigenvalue weighted by molar-refractivity contribution is 5.24. The van der Waals surface area contributed by atoms with Crippen molar-refractivity contribution in [3.63, 3.8) is 0 Å². The van der Waals surface area contributed by atoms with Crippen LogP contribution < -0.4 is 10.6 Å². The van der Waals surface area contributed by atoms with E-state index in [1.807, 2.05) is 0 Å². The molecule has 2 nitrogen and oxygen atoms in total. The molecule has 0 radical (unpaired) electrons. The van der Waals surface area contributed by atoms with Gasteiger partial charge >= 0.3 is 0 Å². The van der Waals surface area contributed by atoms with Gasteiger partial charge in [0.15, 0.2) is 0 Å². The van der Waals surface area contributed by atoms with E-state index < -0.39 is 0 Å². The minimum Gasteiger partial charge on any atom is -0.314 e.